The fraction of sp³-hybridized carbons (Fsp3) is 0.409. The molecule has 0 unspecified atom stereocenters. The first-order valence-electron chi connectivity index (χ1n) is 9.86. The van der Waals surface area contributed by atoms with Crippen molar-refractivity contribution in [1.29, 1.82) is 0 Å². The number of nitrogens with one attached hydrogen (secondary N) is 2. The number of methoxy groups -OCH3 is 1. The van der Waals surface area contributed by atoms with Gasteiger partial charge in [-0.05, 0) is 61.1 Å². The molecule has 2 N–H and O–H groups in total. The van der Waals surface area contributed by atoms with Gasteiger partial charge in [0.25, 0.3) is 0 Å². The number of aryl methyl sites for hydroxylation is 1. The van der Waals surface area contributed by atoms with Gasteiger partial charge in [0.15, 0.2) is 0 Å². The summed E-state index contributed by atoms with van der Waals surface area (Å²) in [7, 11) is 1.56. The van der Waals surface area contributed by atoms with Crippen LogP contribution >= 0.6 is 11.6 Å². The second kappa shape index (κ2) is 9.69. The predicted molar refractivity (Wildman–Crippen MR) is 116 cm³/mol. The summed E-state index contributed by atoms with van der Waals surface area (Å²) in [5.41, 5.74) is 4.59. The van der Waals surface area contributed by atoms with Gasteiger partial charge in [0, 0.05) is 30.3 Å². The third kappa shape index (κ3) is 5.10. The fourth-order valence-corrected chi connectivity index (χ4v) is 3.82. The smallest absolute Gasteiger partial charge is 0.319 e. The lowest BCUT2D eigenvalue weighted by atomic mass is 9.98. The third-order valence-corrected chi connectivity index (χ3v) is 5.20. The van der Waals surface area contributed by atoms with Gasteiger partial charge in [0.05, 0.1) is 12.8 Å². The zero-order valence-corrected chi connectivity index (χ0v) is 17.3. The van der Waals surface area contributed by atoms with Crippen LogP contribution in [0.3, 0.4) is 0 Å². The summed E-state index contributed by atoms with van der Waals surface area (Å²) >= 11 is 6.00. The van der Waals surface area contributed by atoms with Crippen LogP contribution < -0.4 is 20.3 Å². The molecule has 2 aromatic rings. The number of hydrogen-bond donors (Lipinski definition) is 2. The Bertz CT molecular complexity index is 825. The van der Waals surface area contributed by atoms with Crippen LogP contribution in [-0.4, -0.2) is 32.8 Å². The van der Waals surface area contributed by atoms with E-state index < -0.39 is 0 Å². The van der Waals surface area contributed by atoms with E-state index in [1.807, 2.05) is 0 Å². The van der Waals surface area contributed by atoms with E-state index in [4.69, 9.17) is 16.3 Å². The molecule has 0 aliphatic carbocycles. The Kier molecular flexibility index (Phi) is 7.04. The van der Waals surface area contributed by atoms with Crippen molar-refractivity contribution in [3.63, 3.8) is 0 Å². The largest absolute Gasteiger partial charge is 0.495 e. The molecule has 5 nitrogen and oxygen atoms in total. The molecular weight excluding hydrogens is 374 g/mol. The molecule has 0 spiro atoms. The number of amides is 2. The third-order valence-electron chi connectivity index (χ3n) is 4.96. The molecule has 2 aromatic carbocycles. The van der Waals surface area contributed by atoms with Crippen LogP contribution in [0.25, 0.3) is 0 Å². The molecule has 0 atom stereocenters. The Labute approximate surface area is 172 Å². The first-order valence-corrected chi connectivity index (χ1v) is 10.2. The molecule has 150 valence electrons. The molecule has 1 aliphatic rings. The summed E-state index contributed by atoms with van der Waals surface area (Å²) in [6.07, 6.45) is 4.29. The second-order valence-electron chi connectivity index (χ2n) is 7.03. The zero-order chi connectivity index (χ0) is 19.9. The minimum absolute atomic E-state index is 0.271. The van der Waals surface area contributed by atoms with Crippen molar-refractivity contribution < 1.29 is 9.53 Å². The van der Waals surface area contributed by atoms with Crippen LogP contribution in [0.15, 0.2) is 36.4 Å². The number of fused-ring (bicyclic) bond motifs is 1. The molecule has 2 amide bonds. The monoisotopic (exact) mass is 401 g/mol. The number of nitrogens with zero attached hydrogens (tertiary/aromatic N) is 1. The fourth-order valence-electron chi connectivity index (χ4n) is 3.65. The number of carbonyl (C=O) groups is 1. The van der Waals surface area contributed by atoms with E-state index in [0.29, 0.717) is 23.0 Å². The van der Waals surface area contributed by atoms with E-state index in [0.717, 1.165) is 32.4 Å². The number of rotatable bonds is 7. The number of ether oxygens (including phenoxy) is 1. The van der Waals surface area contributed by atoms with Crippen molar-refractivity contribution in [3.8, 4) is 5.75 Å². The van der Waals surface area contributed by atoms with E-state index in [1.54, 1.807) is 25.3 Å². The second-order valence-corrected chi connectivity index (χ2v) is 7.47. The Morgan fingerprint density at radius 2 is 2.11 bits per heavy atom. The van der Waals surface area contributed by atoms with E-state index in [2.05, 4.69) is 40.7 Å². The topological polar surface area (TPSA) is 53.6 Å². The lowest BCUT2D eigenvalue weighted by Crippen LogP contribution is -2.31. The lowest BCUT2D eigenvalue weighted by Gasteiger charge is -2.31. The number of anilines is 2. The minimum Gasteiger partial charge on any atom is -0.495 e. The zero-order valence-electron chi connectivity index (χ0n) is 16.6. The highest BCUT2D eigenvalue weighted by molar-refractivity contribution is 6.31. The molecule has 0 bridgehead atoms. The van der Waals surface area contributed by atoms with E-state index >= 15 is 0 Å². The summed E-state index contributed by atoms with van der Waals surface area (Å²) in [6.45, 7) is 5.04. The maximum atomic E-state index is 12.2. The van der Waals surface area contributed by atoms with Gasteiger partial charge < -0.3 is 20.3 Å². The number of halogens is 1. The number of carbonyl (C=O) groups excluding carboxylic acids is 1. The number of benzene rings is 2. The average Bonchev–Trinajstić information content (AvgIpc) is 2.68. The van der Waals surface area contributed by atoms with Crippen molar-refractivity contribution in [2.45, 2.75) is 32.6 Å². The standard InChI is InChI=1S/C22H28ClN3O2/c1-3-12-26-13-4-5-17-14-16(6-8-20(17)26)10-11-24-22(27)25-19-15-18(23)7-9-21(19)28-2/h6-9,14-15H,3-5,10-13H2,1-2H3,(H2,24,25,27). The normalized spacial score (nSPS) is 13.0. The van der Waals surface area contributed by atoms with Crippen molar-refractivity contribution in [2.75, 3.05) is 37.0 Å². The summed E-state index contributed by atoms with van der Waals surface area (Å²) in [5, 5.41) is 6.24. The molecule has 28 heavy (non-hydrogen) atoms. The van der Waals surface area contributed by atoms with Crippen LogP contribution in [0.1, 0.15) is 30.9 Å². The maximum Gasteiger partial charge on any atom is 0.319 e. The molecule has 1 aliphatic heterocycles. The Morgan fingerprint density at radius 3 is 2.89 bits per heavy atom. The van der Waals surface area contributed by atoms with Crippen molar-refractivity contribution >= 4 is 29.0 Å². The maximum absolute atomic E-state index is 12.2. The summed E-state index contributed by atoms with van der Waals surface area (Å²) in [5.74, 6) is 0.575. The highest BCUT2D eigenvalue weighted by Gasteiger charge is 2.16. The van der Waals surface area contributed by atoms with E-state index in [1.165, 1.54) is 23.2 Å². The highest BCUT2D eigenvalue weighted by Crippen LogP contribution is 2.29. The number of hydrogen-bond acceptors (Lipinski definition) is 3. The van der Waals surface area contributed by atoms with Crippen LogP contribution in [0, 0.1) is 0 Å². The quantitative estimate of drug-likeness (QED) is 0.695. The highest BCUT2D eigenvalue weighted by atomic mass is 35.5. The van der Waals surface area contributed by atoms with Crippen LogP contribution in [0.2, 0.25) is 5.02 Å². The molecule has 1 heterocycles. The molecular formula is C22H28ClN3O2. The van der Waals surface area contributed by atoms with Gasteiger partial charge in [-0.3, -0.25) is 0 Å². The van der Waals surface area contributed by atoms with Gasteiger partial charge >= 0.3 is 6.03 Å². The van der Waals surface area contributed by atoms with Gasteiger partial charge in [-0.2, -0.15) is 0 Å². The number of urea groups is 1. The first-order chi connectivity index (χ1) is 13.6. The summed E-state index contributed by atoms with van der Waals surface area (Å²) < 4.78 is 5.25. The van der Waals surface area contributed by atoms with Crippen molar-refractivity contribution in [1.82, 2.24) is 5.32 Å². The van der Waals surface area contributed by atoms with Gasteiger partial charge in [-0.15, -0.1) is 0 Å². The molecule has 0 fully saturated rings. The molecule has 0 radical (unpaired) electrons. The molecule has 0 saturated carbocycles. The molecule has 3 rings (SSSR count). The molecule has 0 aromatic heterocycles. The van der Waals surface area contributed by atoms with Crippen LogP contribution in [0.4, 0.5) is 16.2 Å². The van der Waals surface area contributed by atoms with Crippen LogP contribution in [0.5, 0.6) is 5.75 Å². The molecule has 6 heteroatoms. The predicted octanol–water partition coefficient (Wildman–Crippen LogP) is 4.88. The Balaban J connectivity index is 1.54. The summed E-state index contributed by atoms with van der Waals surface area (Å²) in [4.78, 5) is 14.7. The van der Waals surface area contributed by atoms with Gasteiger partial charge in [-0.25, -0.2) is 4.79 Å². The minimum atomic E-state index is -0.271. The van der Waals surface area contributed by atoms with Gasteiger partial charge in [-0.1, -0.05) is 30.7 Å². The van der Waals surface area contributed by atoms with Crippen molar-refractivity contribution in [3.05, 3.63) is 52.5 Å². The van der Waals surface area contributed by atoms with E-state index in [9.17, 15) is 4.79 Å². The SMILES string of the molecule is CCCN1CCCc2cc(CCNC(=O)Nc3cc(Cl)ccc3OC)ccc21. The van der Waals surface area contributed by atoms with E-state index in [-0.39, 0.29) is 6.03 Å². The van der Waals surface area contributed by atoms with Gasteiger partial charge in [0.2, 0.25) is 0 Å². The summed E-state index contributed by atoms with van der Waals surface area (Å²) in [6, 6.07) is 11.5. The van der Waals surface area contributed by atoms with Crippen molar-refractivity contribution in [2.24, 2.45) is 0 Å². The van der Waals surface area contributed by atoms with Gasteiger partial charge in [0.1, 0.15) is 5.75 Å². The molecule has 0 saturated heterocycles. The first kappa shape index (κ1) is 20.3. The van der Waals surface area contributed by atoms with Crippen LogP contribution in [-0.2, 0) is 12.8 Å². The Morgan fingerprint density at radius 1 is 1.25 bits per heavy atom. The lowest BCUT2D eigenvalue weighted by molar-refractivity contribution is 0.252. The Hall–Kier alpha value is -2.40. The average molecular weight is 402 g/mol.